The van der Waals surface area contributed by atoms with E-state index in [0.29, 0.717) is 9.21 Å². The fourth-order valence-electron chi connectivity index (χ4n) is 1.52. The van der Waals surface area contributed by atoms with E-state index in [4.69, 9.17) is 11.6 Å². The van der Waals surface area contributed by atoms with Gasteiger partial charge in [-0.15, -0.1) is 11.3 Å². The predicted molar refractivity (Wildman–Crippen MR) is 68.5 cm³/mol. The van der Waals surface area contributed by atoms with Crippen LogP contribution in [0.5, 0.6) is 0 Å². The largest absolute Gasteiger partial charge is 0.293 e. The summed E-state index contributed by atoms with van der Waals surface area (Å²) < 4.78 is 26.7. The number of Topliss-reactive ketones (excluding diaryl/α,β-unsaturated/α-hetero) is 1. The summed E-state index contributed by atoms with van der Waals surface area (Å²) in [6.07, 6.45) is -0.0948. The van der Waals surface area contributed by atoms with Crippen LogP contribution in [-0.4, -0.2) is 5.78 Å². The molecule has 1 aromatic carbocycles. The Labute approximate surface area is 112 Å². The first-order valence-corrected chi connectivity index (χ1v) is 6.40. The van der Waals surface area contributed by atoms with Crippen molar-refractivity contribution < 1.29 is 13.6 Å². The second-order valence-corrected chi connectivity index (χ2v) is 5.56. The Morgan fingerprint density at radius 3 is 2.61 bits per heavy atom. The highest BCUT2D eigenvalue weighted by Crippen LogP contribution is 2.28. The minimum atomic E-state index is -0.706. The summed E-state index contributed by atoms with van der Waals surface area (Å²) in [6, 6.07) is 4.87. The van der Waals surface area contributed by atoms with Crippen molar-refractivity contribution in [3.8, 4) is 0 Å². The zero-order valence-electron chi connectivity index (χ0n) is 9.47. The highest BCUT2D eigenvalue weighted by atomic mass is 35.5. The molecule has 0 unspecified atom stereocenters. The third kappa shape index (κ3) is 2.76. The zero-order valence-corrected chi connectivity index (χ0v) is 11.0. The van der Waals surface area contributed by atoms with Gasteiger partial charge in [0.25, 0.3) is 0 Å². The van der Waals surface area contributed by atoms with Crippen LogP contribution in [0.25, 0.3) is 0 Å². The first kappa shape index (κ1) is 13.2. The molecule has 5 heteroatoms. The monoisotopic (exact) mass is 286 g/mol. The summed E-state index contributed by atoms with van der Waals surface area (Å²) in [5, 5.41) is 0. The molecule has 0 saturated heterocycles. The van der Waals surface area contributed by atoms with Crippen molar-refractivity contribution >= 4 is 28.7 Å². The zero-order chi connectivity index (χ0) is 13.3. The van der Waals surface area contributed by atoms with Crippen LogP contribution in [0.4, 0.5) is 8.78 Å². The standard InChI is InChI=1S/C13H9ClF2OS/c1-7-4-12(18-13(7)14)11(17)5-8-2-3-9(15)6-10(8)16/h2-4,6H,5H2,1H3. The van der Waals surface area contributed by atoms with Crippen molar-refractivity contribution in [2.75, 3.05) is 0 Å². The van der Waals surface area contributed by atoms with Crippen LogP contribution in [0, 0.1) is 18.6 Å². The Balaban J connectivity index is 2.21. The van der Waals surface area contributed by atoms with Crippen molar-refractivity contribution in [1.82, 2.24) is 0 Å². The second-order valence-electron chi connectivity index (χ2n) is 3.90. The molecule has 0 atom stereocenters. The predicted octanol–water partition coefficient (Wildman–Crippen LogP) is 4.41. The van der Waals surface area contributed by atoms with Crippen molar-refractivity contribution in [1.29, 1.82) is 0 Å². The van der Waals surface area contributed by atoms with Crippen LogP contribution in [0.3, 0.4) is 0 Å². The molecule has 94 valence electrons. The number of carbonyl (C=O) groups excluding carboxylic acids is 1. The number of benzene rings is 1. The molecule has 0 bridgehead atoms. The summed E-state index contributed by atoms with van der Waals surface area (Å²) in [4.78, 5) is 12.4. The maximum atomic E-state index is 13.4. The minimum Gasteiger partial charge on any atom is -0.293 e. The fraction of sp³-hybridized carbons (Fsp3) is 0.154. The lowest BCUT2D eigenvalue weighted by atomic mass is 10.1. The summed E-state index contributed by atoms with van der Waals surface area (Å²) >= 11 is 7.04. The van der Waals surface area contributed by atoms with E-state index in [0.717, 1.165) is 17.7 Å². The van der Waals surface area contributed by atoms with Gasteiger partial charge in [-0.2, -0.15) is 0 Å². The molecule has 0 N–H and O–H groups in total. The molecule has 0 fully saturated rings. The van der Waals surface area contributed by atoms with Crippen LogP contribution in [0.1, 0.15) is 20.8 Å². The molecule has 0 saturated carbocycles. The molecular formula is C13H9ClF2OS. The van der Waals surface area contributed by atoms with Gasteiger partial charge in [-0.3, -0.25) is 4.79 Å². The van der Waals surface area contributed by atoms with Crippen LogP contribution in [0.15, 0.2) is 24.3 Å². The summed E-state index contributed by atoms with van der Waals surface area (Å²) in [5.74, 6) is -1.58. The Morgan fingerprint density at radius 2 is 2.06 bits per heavy atom. The molecule has 18 heavy (non-hydrogen) atoms. The third-order valence-electron chi connectivity index (χ3n) is 2.50. The number of hydrogen-bond acceptors (Lipinski definition) is 2. The van der Waals surface area contributed by atoms with E-state index in [1.165, 1.54) is 17.4 Å². The van der Waals surface area contributed by atoms with Gasteiger partial charge >= 0.3 is 0 Å². The quantitative estimate of drug-likeness (QED) is 0.764. The average molecular weight is 287 g/mol. The number of thiophene rings is 1. The van der Waals surface area contributed by atoms with E-state index in [1.54, 1.807) is 13.0 Å². The topological polar surface area (TPSA) is 17.1 Å². The van der Waals surface area contributed by atoms with Gasteiger partial charge in [-0.1, -0.05) is 17.7 Å². The minimum absolute atomic E-state index is 0.0948. The summed E-state index contributed by atoms with van der Waals surface area (Å²) in [5.41, 5.74) is 1.01. The molecule has 0 radical (unpaired) electrons. The van der Waals surface area contributed by atoms with Gasteiger partial charge in [0.05, 0.1) is 9.21 Å². The maximum Gasteiger partial charge on any atom is 0.177 e. The first-order chi connectivity index (χ1) is 8.47. The van der Waals surface area contributed by atoms with Gasteiger partial charge in [0.1, 0.15) is 11.6 Å². The van der Waals surface area contributed by atoms with E-state index < -0.39 is 11.6 Å². The van der Waals surface area contributed by atoms with Gasteiger partial charge in [0.15, 0.2) is 5.78 Å². The first-order valence-electron chi connectivity index (χ1n) is 5.20. The van der Waals surface area contributed by atoms with Crippen molar-refractivity contribution in [2.45, 2.75) is 13.3 Å². The molecule has 0 spiro atoms. The Hall–Kier alpha value is -1.26. The Morgan fingerprint density at radius 1 is 1.33 bits per heavy atom. The number of aryl methyl sites for hydroxylation is 1. The highest BCUT2D eigenvalue weighted by Gasteiger charge is 2.14. The smallest absolute Gasteiger partial charge is 0.177 e. The van der Waals surface area contributed by atoms with Gasteiger partial charge in [0.2, 0.25) is 0 Å². The molecule has 2 rings (SSSR count). The molecule has 2 aromatic rings. The maximum absolute atomic E-state index is 13.4. The van der Waals surface area contributed by atoms with Gasteiger partial charge in [-0.25, -0.2) is 8.78 Å². The Bertz CT molecular complexity index is 588. The van der Waals surface area contributed by atoms with E-state index in [1.807, 2.05) is 0 Å². The van der Waals surface area contributed by atoms with Gasteiger partial charge < -0.3 is 0 Å². The average Bonchev–Trinajstić information content (AvgIpc) is 2.63. The molecule has 1 nitrogen and oxygen atoms in total. The molecule has 0 aliphatic rings. The Kier molecular flexibility index (Phi) is 3.78. The van der Waals surface area contributed by atoms with Crippen molar-refractivity contribution in [3.05, 3.63) is 56.2 Å². The van der Waals surface area contributed by atoms with Crippen molar-refractivity contribution in [2.24, 2.45) is 0 Å². The number of rotatable bonds is 3. The summed E-state index contributed by atoms with van der Waals surface area (Å²) in [6.45, 7) is 1.80. The van der Waals surface area contributed by atoms with Crippen molar-refractivity contribution in [3.63, 3.8) is 0 Å². The lowest BCUT2D eigenvalue weighted by Crippen LogP contribution is -2.03. The molecule has 0 aliphatic carbocycles. The molecular weight excluding hydrogens is 278 g/mol. The fourth-order valence-corrected chi connectivity index (χ4v) is 2.66. The van der Waals surface area contributed by atoms with E-state index in [9.17, 15) is 13.6 Å². The molecule has 1 heterocycles. The van der Waals surface area contributed by atoms with Crippen LogP contribution in [-0.2, 0) is 6.42 Å². The number of hydrogen-bond donors (Lipinski definition) is 0. The lowest BCUT2D eigenvalue weighted by molar-refractivity contribution is 0.0995. The number of carbonyl (C=O) groups is 1. The van der Waals surface area contributed by atoms with Gasteiger partial charge in [0, 0.05) is 12.5 Å². The van der Waals surface area contributed by atoms with E-state index >= 15 is 0 Å². The van der Waals surface area contributed by atoms with E-state index in [-0.39, 0.29) is 17.8 Å². The second kappa shape index (κ2) is 5.16. The number of halogens is 3. The molecule has 0 aliphatic heterocycles. The SMILES string of the molecule is Cc1cc(C(=O)Cc2ccc(F)cc2F)sc1Cl. The van der Waals surface area contributed by atoms with Crippen LogP contribution >= 0.6 is 22.9 Å². The normalized spacial score (nSPS) is 10.7. The number of ketones is 1. The third-order valence-corrected chi connectivity index (χ3v) is 4.09. The molecule has 0 amide bonds. The summed E-state index contributed by atoms with van der Waals surface area (Å²) in [7, 11) is 0. The van der Waals surface area contributed by atoms with Crippen LogP contribution < -0.4 is 0 Å². The van der Waals surface area contributed by atoms with Gasteiger partial charge in [-0.05, 0) is 30.2 Å². The van der Waals surface area contributed by atoms with E-state index in [2.05, 4.69) is 0 Å². The lowest BCUT2D eigenvalue weighted by Gasteiger charge is -2.01. The molecule has 1 aromatic heterocycles. The highest BCUT2D eigenvalue weighted by molar-refractivity contribution is 7.18. The van der Waals surface area contributed by atoms with Crippen LogP contribution in [0.2, 0.25) is 4.34 Å².